The van der Waals surface area contributed by atoms with Crippen molar-refractivity contribution in [2.45, 2.75) is 100 Å². The summed E-state index contributed by atoms with van der Waals surface area (Å²) in [5.41, 5.74) is 0.308. The lowest BCUT2D eigenvalue weighted by molar-refractivity contribution is -0.207. The number of hydrogen-bond donors (Lipinski definition) is 2. The van der Waals surface area contributed by atoms with E-state index in [-0.39, 0.29) is 55.1 Å². The summed E-state index contributed by atoms with van der Waals surface area (Å²) < 4.78 is 41.3. The molecule has 1 aromatic heterocycles. The molecule has 1 spiro atoms. The lowest BCUT2D eigenvalue weighted by Crippen LogP contribution is -2.58. The number of nitrogens with zero attached hydrogens (tertiary/aromatic N) is 1. The van der Waals surface area contributed by atoms with Gasteiger partial charge < -0.3 is 15.2 Å². The Morgan fingerprint density at radius 3 is 2.50 bits per heavy atom. The van der Waals surface area contributed by atoms with Crippen LogP contribution in [-0.2, 0) is 19.8 Å². The van der Waals surface area contributed by atoms with Gasteiger partial charge in [0.1, 0.15) is 5.82 Å². The molecule has 2 atom stereocenters. The Morgan fingerprint density at radius 1 is 1.10 bits per heavy atom. The van der Waals surface area contributed by atoms with Crippen molar-refractivity contribution in [2.24, 2.45) is 17.3 Å². The van der Waals surface area contributed by atoms with Gasteiger partial charge in [0.15, 0.2) is 5.78 Å². The molecule has 4 saturated carbocycles. The summed E-state index contributed by atoms with van der Waals surface area (Å²) in [6, 6.07) is 6.03. The van der Waals surface area contributed by atoms with Crippen LogP contribution in [0.4, 0.5) is 13.2 Å². The van der Waals surface area contributed by atoms with Gasteiger partial charge in [-0.1, -0.05) is 12.1 Å². The van der Waals surface area contributed by atoms with Crippen LogP contribution in [0.25, 0.3) is 10.9 Å². The first-order chi connectivity index (χ1) is 19.1. The molecular weight excluding hydrogens is 519 g/mol. The Bertz CT molecular complexity index is 1360. The zero-order valence-electron chi connectivity index (χ0n) is 22.6. The Labute approximate surface area is 231 Å². The molecule has 6 nitrogen and oxygen atoms in total. The molecule has 5 aliphatic rings. The molecule has 1 saturated heterocycles. The van der Waals surface area contributed by atoms with Gasteiger partial charge in [-0.05, 0) is 74.8 Å². The number of alkyl halides is 2. The summed E-state index contributed by atoms with van der Waals surface area (Å²) in [6.07, 6.45) is 6.25. The first-order valence-corrected chi connectivity index (χ1v) is 14.8. The number of likely N-dealkylation sites (tertiary alicyclic amines) is 1. The fourth-order valence-corrected chi connectivity index (χ4v) is 7.96. The number of H-pyrrole nitrogens is 1. The van der Waals surface area contributed by atoms with Gasteiger partial charge in [0.25, 0.3) is 0 Å². The van der Waals surface area contributed by atoms with Crippen LogP contribution in [0, 0.1) is 23.1 Å². The molecule has 0 radical (unpaired) electrons. The van der Waals surface area contributed by atoms with Crippen molar-refractivity contribution in [3.63, 3.8) is 0 Å². The Morgan fingerprint density at radius 2 is 1.85 bits per heavy atom. The molecule has 40 heavy (non-hydrogen) atoms. The summed E-state index contributed by atoms with van der Waals surface area (Å²) >= 11 is 0. The average Bonchev–Trinajstić information content (AvgIpc) is 3.76. The van der Waals surface area contributed by atoms with E-state index in [9.17, 15) is 27.6 Å². The van der Waals surface area contributed by atoms with E-state index in [1.54, 1.807) is 6.07 Å². The number of carbonyl (C=O) groups excluding carboxylic acids is 3. The molecular formula is C31H36F3N3O3. The number of halogens is 3. The number of Topliss-reactive ketones (excluding diaryl/α,β-unsaturated/α-hetero) is 1. The fourth-order valence-electron chi connectivity index (χ4n) is 7.96. The van der Waals surface area contributed by atoms with E-state index >= 15 is 0 Å². The van der Waals surface area contributed by atoms with E-state index in [1.165, 1.54) is 6.07 Å². The van der Waals surface area contributed by atoms with Gasteiger partial charge in [0, 0.05) is 54.3 Å². The van der Waals surface area contributed by atoms with Crippen molar-refractivity contribution < 1.29 is 27.6 Å². The first kappa shape index (κ1) is 26.1. The summed E-state index contributed by atoms with van der Waals surface area (Å²) in [4.78, 5) is 45.6. The molecule has 2 aromatic rings. The minimum Gasteiger partial charge on any atom is -0.356 e. The van der Waals surface area contributed by atoms with Gasteiger partial charge in [0.2, 0.25) is 17.7 Å². The maximum absolute atomic E-state index is 14.3. The number of aromatic amines is 1. The number of nitrogens with one attached hydrogen (secondary N) is 2. The second-order valence-corrected chi connectivity index (χ2v) is 13.5. The SMILES string of the molecule is O=C(N[C@@H](CC(=O)N1CCCC1C1CC1)C(=O)CC1(c2cc3cccc(F)c3[nH]2)CC1)C1CC2(C1)CC(F)(F)C2. The highest BCUT2D eigenvalue weighted by atomic mass is 19.3. The third kappa shape index (κ3) is 4.63. The highest BCUT2D eigenvalue weighted by Crippen LogP contribution is 2.64. The molecule has 7 rings (SSSR count). The molecule has 0 bridgehead atoms. The number of benzene rings is 1. The van der Waals surface area contributed by atoms with Gasteiger partial charge >= 0.3 is 0 Å². The third-order valence-corrected chi connectivity index (χ3v) is 10.4. The van der Waals surface area contributed by atoms with E-state index in [0.717, 1.165) is 49.6 Å². The molecule has 9 heteroatoms. The van der Waals surface area contributed by atoms with E-state index in [1.807, 2.05) is 17.0 Å². The Kier molecular flexibility index (Phi) is 5.92. The number of para-hydroxylation sites is 1. The van der Waals surface area contributed by atoms with Gasteiger partial charge in [-0.2, -0.15) is 0 Å². The largest absolute Gasteiger partial charge is 0.356 e. The normalized spacial score (nSPS) is 26.8. The smallest absolute Gasteiger partial charge is 0.249 e. The maximum atomic E-state index is 14.3. The Balaban J connectivity index is 1.07. The third-order valence-electron chi connectivity index (χ3n) is 10.4. The first-order valence-electron chi connectivity index (χ1n) is 14.8. The number of amides is 2. The predicted octanol–water partition coefficient (Wildman–Crippen LogP) is 5.40. The Hall–Kier alpha value is -2.84. The predicted molar refractivity (Wildman–Crippen MR) is 142 cm³/mol. The number of carbonyl (C=O) groups is 3. The number of hydrogen-bond acceptors (Lipinski definition) is 3. The topological polar surface area (TPSA) is 82.3 Å². The molecule has 1 aromatic carbocycles. The number of ketones is 1. The molecule has 2 heterocycles. The number of rotatable bonds is 9. The standard InChI is InChI=1S/C31H36F3N3O3/c32-21-4-1-3-19-11-25(36-27(19)21)30(8-9-30)15-24(38)22(12-26(39)37-10-2-5-23(37)18-6-7-18)35-28(40)20-13-29(14-20)16-31(33,34)17-29/h1,3-4,11,18,20,22-23,36H,2,5-10,12-17H2,(H,35,40)/t22-,23?/m0/s1. The van der Waals surface area contributed by atoms with Gasteiger partial charge in [-0.25, -0.2) is 13.2 Å². The summed E-state index contributed by atoms with van der Waals surface area (Å²) in [5, 5.41) is 3.63. The van der Waals surface area contributed by atoms with Crippen LogP contribution in [0.1, 0.15) is 82.7 Å². The number of fused-ring (bicyclic) bond motifs is 1. The quantitative estimate of drug-likeness (QED) is 0.435. The van der Waals surface area contributed by atoms with Crippen LogP contribution in [0.15, 0.2) is 24.3 Å². The zero-order chi connectivity index (χ0) is 27.9. The molecule has 1 unspecified atom stereocenters. The van der Waals surface area contributed by atoms with Crippen molar-refractivity contribution in [1.82, 2.24) is 15.2 Å². The van der Waals surface area contributed by atoms with Crippen LogP contribution >= 0.6 is 0 Å². The van der Waals surface area contributed by atoms with Crippen molar-refractivity contribution >= 4 is 28.5 Å². The van der Waals surface area contributed by atoms with Crippen molar-refractivity contribution in [3.8, 4) is 0 Å². The summed E-state index contributed by atoms with van der Waals surface area (Å²) in [5.74, 6) is -3.47. The lowest BCUT2D eigenvalue weighted by atomic mass is 9.50. The fraction of sp³-hybridized carbons (Fsp3) is 0.645. The molecule has 2 N–H and O–H groups in total. The van der Waals surface area contributed by atoms with Crippen LogP contribution in [0.3, 0.4) is 0 Å². The van der Waals surface area contributed by atoms with Gasteiger partial charge in [-0.3, -0.25) is 14.4 Å². The molecule has 1 aliphatic heterocycles. The van der Waals surface area contributed by atoms with Crippen molar-refractivity contribution in [1.29, 1.82) is 0 Å². The number of aromatic nitrogens is 1. The van der Waals surface area contributed by atoms with E-state index < -0.39 is 28.7 Å². The van der Waals surface area contributed by atoms with E-state index in [0.29, 0.717) is 30.8 Å². The van der Waals surface area contributed by atoms with Gasteiger partial charge in [-0.15, -0.1) is 0 Å². The van der Waals surface area contributed by atoms with E-state index in [4.69, 9.17) is 0 Å². The van der Waals surface area contributed by atoms with Crippen LogP contribution in [-0.4, -0.2) is 52.0 Å². The minimum absolute atomic E-state index is 0.0822. The van der Waals surface area contributed by atoms with Crippen LogP contribution in [0.2, 0.25) is 0 Å². The van der Waals surface area contributed by atoms with E-state index in [2.05, 4.69) is 10.3 Å². The average molecular weight is 556 g/mol. The highest BCUT2D eigenvalue weighted by molar-refractivity contribution is 5.95. The highest BCUT2D eigenvalue weighted by Gasteiger charge is 2.63. The second-order valence-electron chi connectivity index (χ2n) is 13.5. The van der Waals surface area contributed by atoms with Gasteiger partial charge in [0.05, 0.1) is 18.0 Å². The molecule has 2 amide bonds. The maximum Gasteiger partial charge on any atom is 0.249 e. The second kappa shape index (κ2) is 9.08. The summed E-state index contributed by atoms with van der Waals surface area (Å²) in [6.45, 7) is 0.679. The zero-order valence-corrected chi connectivity index (χ0v) is 22.6. The molecule has 214 valence electrons. The van der Waals surface area contributed by atoms with Crippen LogP contribution < -0.4 is 5.32 Å². The minimum atomic E-state index is -2.63. The molecule has 4 aliphatic carbocycles. The van der Waals surface area contributed by atoms with Crippen molar-refractivity contribution in [3.05, 3.63) is 35.8 Å². The van der Waals surface area contributed by atoms with Crippen molar-refractivity contribution in [2.75, 3.05) is 6.54 Å². The van der Waals surface area contributed by atoms with Crippen LogP contribution in [0.5, 0.6) is 0 Å². The summed E-state index contributed by atoms with van der Waals surface area (Å²) in [7, 11) is 0. The lowest BCUT2D eigenvalue weighted by Gasteiger charge is -2.56. The molecule has 5 fully saturated rings. The monoisotopic (exact) mass is 555 g/mol.